The molecule has 0 spiro atoms. The van der Waals surface area contributed by atoms with Gasteiger partial charge in [0.05, 0.1) is 12.7 Å². The van der Waals surface area contributed by atoms with Crippen molar-refractivity contribution in [2.24, 2.45) is 5.41 Å². The van der Waals surface area contributed by atoms with Crippen molar-refractivity contribution < 1.29 is 9.84 Å². The maximum absolute atomic E-state index is 9.93. The Labute approximate surface area is 125 Å². The molecule has 1 saturated carbocycles. The Morgan fingerprint density at radius 3 is 2.80 bits per heavy atom. The summed E-state index contributed by atoms with van der Waals surface area (Å²) in [6.45, 7) is 8.81. The molecule has 2 atom stereocenters. The Morgan fingerprint density at radius 1 is 1.30 bits per heavy atom. The predicted octanol–water partition coefficient (Wildman–Crippen LogP) is 3.50. The fraction of sp³-hybridized carbons (Fsp3) is 1.00. The molecule has 2 N–H and O–H groups in total. The Kier molecular flexibility index (Phi) is 8.74. The first-order valence-electron chi connectivity index (χ1n) is 8.52. The van der Waals surface area contributed by atoms with E-state index in [0.29, 0.717) is 24.6 Å². The smallest absolute Gasteiger partial charge is 0.0897 e. The van der Waals surface area contributed by atoms with Crippen LogP contribution >= 0.6 is 0 Å². The Morgan fingerprint density at radius 2 is 2.10 bits per heavy atom. The third-order valence-corrected chi connectivity index (χ3v) is 4.30. The highest BCUT2D eigenvalue weighted by Crippen LogP contribution is 2.34. The van der Waals surface area contributed by atoms with E-state index >= 15 is 0 Å². The van der Waals surface area contributed by atoms with Crippen molar-refractivity contribution in [2.75, 3.05) is 19.8 Å². The zero-order chi connectivity index (χ0) is 14.8. The number of ether oxygens (including phenoxy) is 1. The van der Waals surface area contributed by atoms with Crippen molar-refractivity contribution in [3.63, 3.8) is 0 Å². The summed E-state index contributed by atoms with van der Waals surface area (Å²) in [7, 11) is 0. The molecule has 1 fully saturated rings. The van der Waals surface area contributed by atoms with Crippen molar-refractivity contribution in [3.8, 4) is 0 Å². The van der Waals surface area contributed by atoms with Crippen molar-refractivity contribution in [3.05, 3.63) is 0 Å². The molecular weight excluding hydrogens is 250 g/mol. The zero-order valence-electron chi connectivity index (χ0n) is 13.8. The lowest BCUT2D eigenvalue weighted by atomic mass is 9.75. The van der Waals surface area contributed by atoms with Gasteiger partial charge in [0.1, 0.15) is 0 Å². The molecule has 0 radical (unpaired) electrons. The van der Waals surface area contributed by atoms with Crippen molar-refractivity contribution in [2.45, 2.75) is 84.3 Å². The van der Waals surface area contributed by atoms with E-state index in [1.807, 2.05) is 0 Å². The first kappa shape index (κ1) is 17.9. The van der Waals surface area contributed by atoms with E-state index < -0.39 is 0 Å². The maximum Gasteiger partial charge on any atom is 0.0897 e. The van der Waals surface area contributed by atoms with E-state index in [2.05, 4.69) is 26.1 Å². The molecule has 0 aromatic rings. The van der Waals surface area contributed by atoms with Gasteiger partial charge in [-0.3, -0.25) is 0 Å². The molecule has 0 heterocycles. The minimum atomic E-state index is -0.369. The van der Waals surface area contributed by atoms with E-state index in [1.54, 1.807) is 0 Å². The fourth-order valence-corrected chi connectivity index (χ4v) is 3.08. The van der Waals surface area contributed by atoms with Gasteiger partial charge in [0.15, 0.2) is 0 Å². The highest BCUT2D eigenvalue weighted by molar-refractivity contribution is 4.83. The van der Waals surface area contributed by atoms with Crippen LogP contribution < -0.4 is 5.32 Å². The SMILES string of the molecule is CCCCCCOCC(O)CNC1CCCC(C)(C)C1. The molecule has 3 heteroatoms. The molecule has 2 unspecified atom stereocenters. The van der Waals surface area contributed by atoms with Crippen molar-refractivity contribution >= 4 is 0 Å². The van der Waals surface area contributed by atoms with Gasteiger partial charge in [0.25, 0.3) is 0 Å². The molecule has 0 aliphatic heterocycles. The molecule has 0 amide bonds. The molecule has 20 heavy (non-hydrogen) atoms. The highest BCUT2D eigenvalue weighted by atomic mass is 16.5. The number of unbranched alkanes of at least 4 members (excludes halogenated alkanes) is 3. The van der Waals surface area contributed by atoms with Crippen LogP contribution in [0.5, 0.6) is 0 Å². The van der Waals surface area contributed by atoms with Gasteiger partial charge in [-0.05, 0) is 31.1 Å². The minimum absolute atomic E-state index is 0.369. The van der Waals surface area contributed by atoms with E-state index in [9.17, 15) is 5.11 Å². The zero-order valence-corrected chi connectivity index (χ0v) is 13.8. The number of aliphatic hydroxyl groups excluding tert-OH is 1. The van der Waals surface area contributed by atoms with Gasteiger partial charge in [0, 0.05) is 19.2 Å². The van der Waals surface area contributed by atoms with Gasteiger partial charge in [-0.15, -0.1) is 0 Å². The van der Waals surface area contributed by atoms with Crippen molar-refractivity contribution in [1.29, 1.82) is 0 Å². The summed E-state index contributed by atoms with van der Waals surface area (Å²) >= 11 is 0. The molecule has 1 rings (SSSR count). The standard InChI is InChI=1S/C17H35NO2/c1-4-5-6-7-11-20-14-16(19)13-18-15-9-8-10-17(2,3)12-15/h15-16,18-19H,4-14H2,1-3H3. The lowest BCUT2D eigenvalue weighted by molar-refractivity contribution is 0.0321. The Balaban J connectivity index is 2.00. The van der Waals surface area contributed by atoms with Crippen LogP contribution in [0, 0.1) is 5.41 Å². The first-order valence-corrected chi connectivity index (χ1v) is 8.52. The quantitative estimate of drug-likeness (QED) is 0.604. The monoisotopic (exact) mass is 285 g/mol. The number of nitrogens with one attached hydrogen (secondary N) is 1. The van der Waals surface area contributed by atoms with Gasteiger partial charge >= 0.3 is 0 Å². The summed E-state index contributed by atoms with van der Waals surface area (Å²) in [6, 6.07) is 0.568. The molecule has 0 aromatic carbocycles. The molecule has 0 aromatic heterocycles. The van der Waals surface area contributed by atoms with E-state index in [1.165, 1.54) is 44.9 Å². The average Bonchev–Trinajstić information content (AvgIpc) is 2.39. The first-order chi connectivity index (χ1) is 9.53. The van der Waals surface area contributed by atoms with Crippen LogP contribution in [0.25, 0.3) is 0 Å². The summed E-state index contributed by atoms with van der Waals surface area (Å²) in [5, 5.41) is 13.4. The minimum Gasteiger partial charge on any atom is -0.389 e. The van der Waals surface area contributed by atoms with Gasteiger partial charge in [-0.2, -0.15) is 0 Å². The second kappa shape index (κ2) is 9.75. The van der Waals surface area contributed by atoms with Crippen LogP contribution in [0.1, 0.15) is 72.1 Å². The molecule has 1 aliphatic carbocycles. The third-order valence-electron chi connectivity index (χ3n) is 4.30. The predicted molar refractivity (Wildman–Crippen MR) is 85.0 cm³/mol. The number of hydrogen-bond acceptors (Lipinski definition) is 3. The maximum atomic E-state index is 9.93. The van der Waals surface area contributed by atoms with Crippen LogP contribution in [0.3, 0.4) is 0 Å². The Hall–Kier alpha value is -0.120. The molecule has 3 nitrogen and oxygen atoms in total. The number of hydrogen-bond donors (Lipinski definition) is 2. The Bertz CT molecular complexity index is 243. The summed E-state index contributed by atoms with van der Waals surface area (Å²) < 4.78 is 5.53. The molecule has 1 aliphatic rings. The highest BCUT2D eigenvalue weighted by Gasteiger charge is 2.27. The number of rotatable bonds is 10. The fourth-order valence-electron chi connectivity index (χ4n) is 3.08. The van der Waals surface area contributed by atoms with Crippen LogP contribution in [0.15, 0.2) is 0 Å². The van der Waals surface area contributed by atoms with Gasteiger partial charge in [-0.25, -0.2) is 0 Å². The van der Waals surface area contributed by atoms with Crippen LogP contribution in [-0.4, -0.2) is 37.0 Å². The second-order valence-electron chi connectivity index (χ2n) is 7.16. The molecule has 0 bridgehead atoms. The van der Waals surface area contributed by atoms with E-state index in [-0.39, 0.29) is 6.10 Å². The summed E-state index contributed by atoms with van der Waals surface area (Å²) in [5.74, 6) is 0. The van der Waals surface area contributed by atoms with Crippen LogP contribution in [-0.2, 0) is 4.74 Å². The average molecular weight is 285 g/mol. The summed E-state index contributed by atoms with van der Waals surface area (Å²) in [6.07, 6.45) is 9.61. The van der Waals surface area contributed by atoms with Crippen molar-refractivity contribution in [1.82, 2.24) is 5.32 Å². The summed E-state index contributed by atoms with van der Waals surface area (Å²) in [5.41, 5.74) is 0.455. The van der Waals surface area contributed by atoms with Gasteiger partial charge < -0.3 is 15.2 Å². The summed E-state index contributed by atoms with van der Waals surface area (Å²) in [4.78, 5) is 0. The lowest BCUT2D eigenvalue weighted by Crippen LogP contribution is -2.41. The van der Waals surface area contributed by atoms with E-state index in [4.69, 9.17) is 4.74 Å². The van der Waals surface area contributed by atoms with E-state index in [0.717, 1.165) is 13.0 Å². The molecule has 120 valence electrons. The normalized spacial score (nSPS) is 23.7. The van der Waals surface area contributed by atoms with Crippen LogP contribution in [0.4, 0.5) is 0 Å². The topological polar surface area (TPSA) is 41.5 Å². The molecule has 0 saturated heterocycles. The van der Waals surface area contributed by atoms with Gasteiger partial charge in [-0.1, -0.05) is 46.5 Å². The second-order valence-corrected chi connectivity index (χ2v) is 7.16. The largest absolute Gasteiger partial charge is 0.389 e. The van der Waals surface area contributed by atoms with Gasteiger partial charge in [0.2, 0.25) is 0 Å². The lowest BCUT2D eigenvalue weighted by Gasteiger charge is -2.36. The van der Waals surface area contributed by atoms with Crippen LogP contribution in [0.2, 0.25) is 0 Å². The number of aliphatic hydroxyl groups is 1. The third kappa shape index (κ3) is 8.23. The molecular formula is C17H35NO2.